The molecule has 0 aromatic carbocycles. The topological polar surface area (TPSA) is 78.4 Å². The third kappa shape index (κ3) is 3.74. The minimum atomic E-state index is -0.876. The van der Waals surface area contributed by atoms with E-state index >= 15 is 0 Å². The van der Waals surface area contributed by atoms with Gasteiger partial charge in [-0.05, 0) is 19.8 Å². The van der Waals surface area contributed by atoms with E-state index in [4.69, 9.17) is 5.11 Å². The lowest BCUT2D eigenvalue weighted by Gasteiger charge is -2.09. The largest absolute Gasteiger partial charge is 0.480 e. The number of carboxylic acid groups (broad SMARTS) is 1. The molecule has 0 heterocycles. The van der Waals surface area contributed by atoms with Crippen molar-refractivity contribution < 1.29 is 14.7 Å². The Bertz CT molecular complexity index is 226. The fourth-order valence-corrected chi connectivity index (χ4v) is 1.05. The van der Waals surface area contributed by atoms with E-state index in [1.807, 2.05) is 0 Å². The number of nitrogens with one attached hydrogen (secondary N) is 2. The van der Waals surface area contributed by atoms with Crippen LogP contribution in [-0.4, -0.2) is 36.1 Å². The van der Waals surface area contributed by atoms with Crippen LogP contribution in [0.25, 0.3) is 0 Å². The highest BCUT2D eigenvalue weighted by Gasteiger charge is 2.28. The Morgan fingerprint density at radius 2 is 2.07 bits per heavy atom. The van der Waals surface area contributed by atoms with Gasteiger partial charge in [0.2, 0.25) is 5.91 Å². The molecule has 0 aromatic rings. The van der Waals surface area contributed by atoms with E-state index < -0.39 is 12.0 Å². The highest BCUT2D eigenvalue weighted by molar-refractivity contribution is 5.80. The zero-order chi connectivity index (χ0) is 10.6. The Kier molecular flexibility index (Phi) is 3.88. The molecule has 1 amide bonds. The van der Waals surface area contributed by atoms with E-state index in [1.54, 1.807) is 6.92 Å². The van der Waals surface area contributed by atoms with Gasteiger partial charge in [0.25, 0.3) is 0 Å². The molecular formula is C9H16N2O3. The molecule has 1 rings (SSSR count). The molecule has 5 heteroatoms. The summed E-state index contributed by atoms with van der Waals surface area (Å²) in [7, 11) is 0. The van der Waals surface area contributed by atoms with Gasteiger partial charge in [-0.25, -0.2) is 0 Å². The van der Waals surface area contributed by atoms with Gasteiger partial charge in [-0.1, -0.05) is 0 Å². The summed E-state index contributed by atoms with van der Waals surface area (Å²) in [6.07, 6.45) is 1.98. The lowest BCUT2D eigenvalue weighted by Crippen LogP contribution is -2.39. The molecule has 0 spiro atoms. The number of carboxylic acids is 1. The molecular weight excluding hydrogens is 184 g/mol. The second-order valence-corrected chi connectivity index (χ2v) is 3.58. The molecule has 0 bridgehead atoms. The molecule has 14 heavy (non-hydrogen) atoms. The van der Waals surface area contributed by atoms with Crippen LogP contribution in [0.15, 0.2) is 0 Å². The summed E-state index contributed by atoms with van der Waals surface area (Å²) in [4.78, 5) is 21.5. The maximum Gasteiger partial charge on any atom is 0.320 e. The standard InChI is InChI=1S/C9H16N2O3/c1-6(9(13)14)10-4-5-11-8(12)7-2-3-7/h6-7,10H,2-5H2,1H3,(H,11,12)(H,13,14). The van der Waals surface area contributed by atoms with Gasteiger partial charge in [0.15, 0.2) is 0 Å². The van der Waals surface area contributed by atoms with Crippen molar-refractivity contribution in [3.63, 3.8) is 0 Å². The van der Waals surface area contributed by atoms with Crippen LogP contribution in [0.4, 0.5) is 0 Å². The SMILES string of the molecule is CC(NCCNC(=O)C1CC1)C(=O)O. The number of aliphatic carboxylic acids is 1. The van der Waals surface area contributed by atoms with Crippen LogP contribution in [0, 0.1) is 5.92 Å². The normalized spacial score (nSPS) is 17.5. The summed E-state index contributed by atoms with van der Waals surface area (Å²) in [6.45, 7) is 2.56. The minimum Gasteiger partial charge on any atom is -0.480 e. The third-order valence-electron chi connectivity index (χ3n) is 2.19. The van der Waals surface area contributed by atoms with E-state index in [0.717, 1.165) is 12.8 Å². The molecule has 1 aliphatic carbocycles. The summed E-state index contributed by atoms with van der Waals surface area (Å²) in [5, 5.41) is 14.1. The summed E-state index contributed by atoms with van der Waals surface area (Å²) in [6, 6.07) is -0.562. The Morgan fingerprint density at radius 1 is 1.43 bits per heavy atom. The monoisotopic (exact) mass is 200 g/mol. The fourth-order valence-electron chi connectivity index (χ4n) is 1.05. The lowest BCUT2D eigenvalue weighted by atomic mass is 10.3. The first-order chi connectivity index (χ1) is 6.61. The van der Waals surface area contributed by atoms with Crippen LogP contribution in [0.2, 0.25) is 0 Å². The Hall–Kier alpha value is -1.10. The maximum absolute atomic E-state index is 11.1. The number of amides is 1. The van der Waals surface area contributed by atoms with Gasteiger partial charge >= 0.3 is 5.97 Å². The zero-order valence-electron chi connectivity index (χ0n) is 8.25. The van der Waals surface area contributed by atoms with E-state index in [2.05, 4.69) is 10.6 Å². The maximum atomic E-state index is 11.1. The molecule has 5 nitrogen and oxygen atoms in total. The second kappa shape index (κ2) is 4.95. The van der Waals surface area contributed by atoms with Crippen LogP contribution in [0.3, 0.4) is 0 Å². The first kappa shape index (κ1) is 11.0. The van der Waals surface area contributed by atoms with Crippen LogP contribution in [0.5, 0.6) is 0 Å². The van der Waals surface area contributed by atoms with Crippen molar-refractivity contribution in [1.29, 1.82) is 0 Å². The molecule has 3 N–H and O–H groups in total. The molecule has 1 aliphatic rings. The van der Waals surface area contributed by atoms with Crippen molar-refractivity contribution >= 4 is 11.9 Å². The molecule has 1 unspecified atom stereocenters. The van der Waals surface area contributed by atoms with Crippen molar-refractivity contribution in [2.45, 2.75) is 25.8 Å². The predicted octanol–water partition coefficient (Wildman–Crippen LogP) is -0.425. The zero-order valence-corrected chi connectivity index (χ0v) is 8.25. The average molecular weight is 200 g/mol. The number of hydrogen-bond acceptors (Lipinski definition) is 3. The predicted molar refractivity (Wildman–Crippen MR) is 50.8 cm³/mol. The lowest BCUT2D eigenvalue weighted by molar-refractivity contribution is -0.138. The van der Waals surface area contributed by atoms with Crippen LogP contribution < -0.4 is 10.6 Å². The van der Waals surface area contributed by atoms with E-state index in [0.29, 0.717) is 13.1 Å². The molecule has 0 aliphatic heterocycles. The number of carbonyl (C=O) groups is 2. The molecule has 0 radical (unpaired) electrons. The van der Waals surface area contributed by atoms with Gasteiger partial charge in [0.05, 0.1) is 0 Å². The van der Waals surface area contributed by atoms with Crippen molar-refractivity contribution in [1.82, 2.24) is 10.6 Å². The van der Waals surface area contributed by atoms with Gasteiger partial charge in [-0.2, -0.15) is 0 Å². The molecule has 0 saturated heterocycles. The summed E-state index contributed by atoms with van der Waals surface area (Å²) in [5.74, 6) is -0.569. The smallest absolute Gasteiger partial charge is 0.320 e. The molecule has 1 atom stereocenters. The highest BCUT2D eigenvalue weighted by Crippen LogP contribution is 2.28. The Balaban J connectivity index is 1.98. The van der Waals surface area contributed by atoms with Crippen molar-refractivity contribution in [3.05, 3.63) is 0 Å². The Morgan fingerprint density at radius 3 is 2.57 bits per heavy atom. The fraction of sp³-hybridized carbons (Fsp3) is 0.778. The van der Waals surface area contributed by atoms with E-state index in [-0.39, 0.29) is 11.8 Å². The summed E-state index contributed by atoms with van der Waals surface area (Å²) < 4.78 is 0. The first-order valence-electron chi connectivity index (χ1n) is 4.85. The van der Waals surface area contributed by atoms with Crippen molar-refractivity contribution in [2.24, 2.45) is 5.92 Å². The van der Waals surface area contributed by atoms with Gasteiger partial charge < -0.3 is 15.7 Å². The molecule has 0 aromatic heterocycles. The second-order valence-electron chi connectivity index (χ2n) is 3.58. The van der Waals surface area contributed by atoms with E-state index in [9.17, 15) is 9.59 Å². The average Bonchev–Trinajstić information content (AvgIpc) is 2.94. The summed E-state index contributed by atoms with van der Waals surface area (Å²) in [5.41, 5.74) is 0. The third-order valence-corrected chi connectivity index (χ3v) is 2.19. The van der Waals surface area contributed by atoms with Gasteiger partial charge in [-0.3, -0.25) is 9.59 Å². The molecule has 1 fully saturated rings. The highest BCUT2D eigenvalue weighted by atomic mass is 16.4. The van der Waals surface area contributed by atoms with Crippen LogP contribution >= 0.6 is 0 Å². The minimum absolute atomic E-state index is 0.0924. The quantitative estimate of drug-likeness (QED) is 0.509. The molecule has 80 valence electrons. The Labute approximate surface area is 82.9 Å². The van der Waals surface area contributed by atoms with Crippen LogP contribution in [-0.2, 0) is 9.59 Å². The van der Waals surface area contributed by atoms with Crippen molar-refractivity contribution in [2.75, 3.05) is 13.1 Å². The number of carbonyl (C=O) groups excluding carboxylic acids is 1. The van der Waals surface area contributed by atoms with Gasteiger partial charge in [0, 0.05) is 19.0 Å². The van der Waals surface area contributed by atoms with Gasteiger partial charge in [0.1, 0.15) is 6.04 Å². The van der Waals surface area contributed by atoms with Crippen LogP contribution in [0.1, 0.15) is 19.8 Å². The van der Waals surface area contributed by atoms with E-state index in [1.165, 1.54) is 0 Å². The van der Waals surface area contributed by atoms with Gasteiger partial charge in [-0.15, -0.1) is 0 Å². The first-order valence-corrected chi connectivity index (χ1v) is 4.85. The van der Waals surface area contributed by atoms with Crippen molar-refractivity contribution in [3.8, 4) is 0 Å². The number of rotatable bonds is 6. The summed E-state index contributed by atoms with van der Waals surface area (Å²) >= 11 is 0. The molecule has 1 saturated carbocycles. The number of hydrogen-bond donors (Lipinski definition) is 3.